The van der Waals surface area contributed by atoms with Crippen molar-refractivity contribution in [2.24, 2.45) is 0 Å². The summed E-state index contributed by atoms with van der Waals surface area (Å²) < 4.78 is 6.83. The average molecular weight is 401 g/mol. The molecule has 0 aliphatic rings. The Morgan fingerprint density at radius 1 is 1.25 bits per heavy atom. The van der Waals surface area contributed by atoms with E-state index in [2.05, 4.69) is 50.2 Å². The van der Waals surface area contributed by atoms with Gasteiger partial charge in [-0.1, -0.05) is 12.1 Å². The van der Waals surface area contributed by atoms with Crippen molar-refractivity contribution < 1.29 is 9.84 Å². The SMILES string of the molecule is COc1cc(CNc2cccc(C)c2Br)cc(Br)c1O. The fourth-order valence-corrected chi connectivity index (χ4v) is 2.76. The lowest BCUT2D eigenvalue weighted by atomic mass is 10.2. The van der Waals surface area contributed by atoms with Gasteiger partial charge in [0.25, 0.3) is 0 Å². The fourth-order valence-electron chi connectivity index (χ4n) is 1.87. The van der Waals surface area contributed by atoms with Crippen LogP contribution in [0.2, 0.25) is 0 Å². The molecule has 0 saturated carbocycles. The van der Waals surface area contributed by atoms with Crippen LogP contribution in [0.4, 0.5) is 5.69 Å². The molecule has 2 aromatic carbocycles. The van der Waals surface area contributed by atoms with E-state index >= 15 is 0 Å². The number of ether oxygens (including phenoxy) is 1. The number of aryl methyl sites for hydroxylation is 1. The van der Waals surface area contributed by atoms with Crippen molar-refractivity contribution in [2.45, 2.75) is 13.5 Å². The number of anilines is 1. The predicted octanol–water partition coefficient (Wildman–Crippen LogP) is 4.85. The number of phenols is 1. The van der Waals surface area contributed by atoms with Gasteiger partial charge in [-0.15, -0.1) is 0 Å². The summed E-state index contributed by atoms with van der Waals surface area (Å²) in [5, 5.41) is 13.2. The Hall–Kier alpha value is -1.20. The lowest BCUT2D eigenvalue weighted by Crippen LogP contribution is -2.01. The molecule has 3 nitrogen and oxygen atoms in total. The minimum Gasteiger partial charge on any atom is -0.503 e. The van der Waals surface area contributed by atoms with Crippen LogP contribution in [0.1, 0.15) is 11.1 Å². The quantitative estimate of drug-likeness (QED) is 0.770. The first-order valence-corrected chi connectivity index (χ1v) is 7.66. The zero-order valence-corrected chi connectivity index (χ0v) is 14.4. The van der Waals surface area contributed by atoms with E-state index in [1.165, 1.54) is 12.7 Å². The fraction of sp³-hybridized carbons (Fsp3) is 0.200. The number of rotatable bonds is 4. The Balaban J connectivity index is 2.19. The number of hydrogen-bond donors (Lipinski definition) is 2. The Kier molecular flexibility index (Phi) is 4.94. The van der Waals surface area contributed by atoms with E-state index in [1.807, 2.05) is 24.3 Å². The molecular weight excluding hydrogens is 386 g/mol. The molecule has 0 aromatic heterocycles. The van der Waals surface area contributed by atoms with Crippen molar-refractivity contribution in [2.75, 3.05) is 12.4 Å². The van der Waals surface area contributed by atoms with Crippen molar-refractivity contribution >= 4 is 37.5 Å². The Morgan fingerprint density at radius 3 is 2.70 bits per heavy atom. The Morgan fingerprint density at radius 2 is 2.00 bits per heavy atom. The molecule has 2 aromatic rings. The molecule has 5 heteroatoms. The van der Waals surface area contributed by atoms with Crippen molar-refractivity contribution in [3.63, 3.8) is 0 Å². The first-order valence-electron chi connectivity index (χ1n) is 6.07. The molecule has 0 spiro atoms. The van der Waals surface area contributed by atoms with Gasteiger partial charge in [-0.2, -0.15) is 0 Å². The molecule has 0 atom stereocenters. The maximum Gasteiger partial charge on any atom is 0.172 e. The van der Waals surface area contributed by atoms with Crippen LogP contribution in [0.15, 0.2) is 39.3 Å². The van der Waals surface area contributed by atoms with Gasteiger partial charge in [-0.05, 0) is 68.1 Å². The molecule has 0 unspecified atom stereocenters. The lowest BCUT2D eigenvalue weighted by molar-refractivity contribution is 0.371. The highest BCUT2D eigenvalue weighted by atomic mass is 79.9. The highest BCUT2D eigenvalue weighted by Gasteiger charge is 2.09. The first kappa shape index (κ1) is 15.2. The number of phenolic OH excluding ortho intramolecular Hbond substituents is 1. The lowest BCUT2D eigenvalue weighted by Gasteiger charge is -2.12. The van der Waals surface area contributed by atoms with Crippen LogP contribution in [-0.4, -0.2) is 12.2 Å². The van der Waals surface area contributed by atoms with Crippen molar-refractivity contribution in [3.8, 4) is 11.5 Å². The molecule has 0 saturated heterocycles. The highest BCUT2D eigenvalue weighted by molar-refractivity contribution is 9.11. The van der Waals surface area contributed by atoms with Crippen LogP contribution in [0.25, 0.3) is 0 Å². The molecular formula is C15H15Br2NO2. The summed E-state index contributed by atoms with van der Waals surface area (Å²) in [6.07, 6.45) is 0. The van der Waals surface area contributed by atoms with Gasteiger partial charge in [0.05, 0.1) is 11.6 Å². The zero-order chi connectivity index (χ0) is 14.7. The number of nitrogens with one attached hydrogen (secondary N) is 1. The molecule has 0 heterocycles. The number of methoxy groups -OCH3 is 1. The zero-order valence-electron chi connectivity index (χ0n) is 11.2. The molecule has 2 rings (SSSR count). The topological polar surface area (TPSA) is 41.5 Å². The molecule has 0 amide bonds. The van der Waals surface area contributed by atoms with Gasteiger partial charge in [-0.25, -0.2) is 0 Å². The van der Waals surface area contributed by atoms with Crippen LogP contribution in [0.5, 0.6) is 11.5 Å². The summed E-state index contributed by atoms with van der Waals surface area (Å²) in [5.41, 5.74) is 3.23. The normalized spacial score (nSPS) is 10.4. The summed E-state index contributed by atoms with van der Waals surface area (Å²) >= 11 is 6.89. The second kappa shape index (κ2) is 6.50. The minimum absolute atomic E-state index is 0.119. The maximum atomic E-state index is 9.79. The van der Waals surface area contributed by atoms with Gasteiger partial charge >= 0.3 is 0 Å². The van der Waals surface area contributed by atoms with E-state index in [1.54, 1.807) is 0 Å². The van der Waals surface area contributed by atoms with Crippen LogP contribution in [0.3, 0.4) is 0 Å². The second-order valence-corrected chi connectivity index (χ2v) is 6.07. The Bertz CT molecular complexity index is 630. The smallest absolute Gasteiger partial charge is 0.172 e. The van der Waals surface area contributed by atoms with E-state index in [9.17, 15) is 5.11 Å². The van der Waals surface area contributed by atoms with Crippen LogP contribution >= 0.6 is 31.9 Å². The van der Waals surface area contributed by atoms with Gasteiger partial charge in [0.15, 0.2) is 11.5 Å². The molecule has 0 aliphatic carbocycles. The largest absolute Gasteiger partial charge is 0.503 e. The standard InChI is InChI=1S/C15H15Br2NO2/c1-9-4-3-5-12(14(9)17)18-8-10-6-11(16)15(19)13(7-10)20-2/h3-7,18-19H,8H2,1-2H3. The summed E-state index contributed by atoms with van der Waals surface area (Å²) in [4.78, 5) is 0. The van der Waals surface area contributed by atoms with Gasteiger partial charge in [0, 0.05) is 16.7 Å². The number of benzene rings is 2. The van der Waals surface area contributed by atoms with Gasteiger partial charge < -0.3 is 15.2 Å². The predicted molar refractivity (Wildman–Crippen MR) is 88.6 cm³/mol. The number of halogens is 2. The third-order valence-electron chi connectivity index (χ3n) is 2.98. The van der Waals surface area contributed by atoms with Crippen molar-refractivity contribution in [3.05, 3.63) is 50.4 Å². The molecule has 0 bridgehead atoms. The summed E-state index contributed by atoms with van der Waals surface area (Å²) in [6.45, 7) is 2.69. The summed E-state index contributed by atoms with van der Waals surface area (Å²) in [7, 11) is 1.54. The van der Waals surface area contributed by atoms with Gasteiger partial charge in [-0.3, -0.25) is 0 Å². The Labute approximate surface area is 135 Å². The number of aromatic hydroxyl groups is 1. The van der Waals surface area contributed by atoms with Crippen LogP contribution in [0, 0.1) is 6.92 Å². The summed E-state index contributed by atoms with van der Waals surface area (Å²) in [6, 6.07) is 9.76. The maximum absolute atomic E-state index is 9.79. The third kappa shape index (κ3) is 3.27. The van der Waals surface area contributed by atoms with E-state index < -0.39 is 0 Å². The highest BCUT2D eigenvalue weighted by Crippen LogP contribution is 2.35. The van der Waals surface area contributed by atoms with E-state index in [-0.39, 0.29) is 5.75 Å². The monoisotopic (exact) mass is 399 g/mol. The van der Waals surface area contributed by atoms with Gasteiger partial charge in [0.2, 0.25) is 0 Å². The molecule has 106 valence electrons. The molecule has 0 aliphatic heterocycles. The van der Waals surface area contributed by atoms with Crippen LogP contribution in [-0.2, 0) is 6.54 Å². The third-order valence-corrected chi connectivity index (χ3v) is 4.64. The molecule has 2 N–H and O–H groups in total. The first-order chi connectivity index (χ1) is 9.52. The van der Waals surface area contributed by atoms with Crippen molar-refractivity contribution in [1.82, 2.24) is 0 Å². The molecule has 0 radical (unpaired) electrons. The van der Waals surface area contributed by atoms with Crippen molar-refractivity contribution in [1.29, 1.82) is 0 Å². The van der Waals surface area contributed by atoms with Gasteiger partial charge in [0.1, 0.15) is 0 Å². The van der Waals surface area contributed by atoms with E-state index in [0.717, 1.165) is 15.7 Å². The average Bonchev–Trinajstić information content (AvgIpc) is 2.44. The van der Waals surface area contributed by atoms with E-state index in [0.29, 0.717) is 16.8 Å². The van der Waals surface area contributed by atoms with E-state index in [4.69, 9.17) is 4.74 Å². The second-order valence-electron chi connectivity index (χ2n) is 4.42. The molecule has 0 fully saturated rings. The van der Waals surface area contributed by atoms with Crippen LogP contribution < -0.4 is 10.1 Å². The minimum atomic E-state index is 0.119. The summed E-state index contributed by atoms with van der Waals surface area (Å²) in [5.74, 6) is 0.576. The number of hydrogen-bond acceptors (Lipinski definition) is 3. The molecule has 20 heavy (non-hydrogen) atoms.